The zero-order valence-corrected chi connectivity index (χ0v) is 14.1. The van der Waals surface area contributed by atoms with Crippen LogP contribution >= 0.6 is 0 Å². The fourth-order valence-corrected chi connectivity index (χ4v) is 2.91. The predicted molar refractivity (Wildman–Crippen MR) is 95.1 cm³/mol. The number of anilines is 2. The van der Waals surface area contributed by atoms with Gasteiger partial charge in [-0.05, 0) is 24.0 Å². The third kappa shape index (κ3) is 4.16. The van der Waals surface area contributed by atoms with E-state index in [1.54, 1.807) is 0 Å². The first-order chi connectivity index (χ1) is 12.7. The van der Waals surface area contributed by atoms with Gasteiger partial charge in [0.15, 0.2) is 5.82 Å². The smallest absolute Gasteiger partial charge is 0.404 e. The highest BCUT2D eigenvalue weighted by Gasteiger charge is 2.19. The third-order valence-electron chi connectivity index (χ3n) is 4.18. The quantitative estimate of drug-likeness (QED) is 0.680. The maximum absolute atomic E-state index is 10.5. The van der Waals surface area contributed by atoms with Gasteiger partial charge < -0.3 is 20.6 Å². The molecule has 0 aliphatic carbocycles. The van der Waals surface area contributed by atoms with Gasteiger partial charge in [0.25, 0.3) is 0 Å². The number of nitrogens with one attached hydrogen (secondary N) is 2. The van der Waals surface area contributed by atoms with E-state index in [1.807, 2.05) is 23.1 Å². The summed E-state index contributed by atoms with van der Waals surface area (Å²) >= 11 is 0. The lowest BCUT2D eigenvalue weighted by Gasteiger charge is -2.22. The largest absolute Gasteiger partial charge is 0.465 e. The Labute approximate surface area is 150 Å². The van der Waals surface area contributed by atoms with Crippen molar-refractivity contribution in [3.8, 4) is 6.07 Å². The molecule has 0 atom stereocenters. The minimum absolute atomic E-state index is 0.185. The molecule has 1 amide bonds. The van der Waals surface area contributed by atoms with Crippen LogP contribution in [0.25, 0.3) is 0 Å². The predicted octanol–water partition coefficient (Wildman–Crippen LogP) is 1.03. The van der Waals surface area contributed by atoms with Crippen molar-refractivity contribution in [1.29, 1.82) is 5.26 Å². The average Bonchev–Trinajstić information content (AvgIpc) is 2.87. The number of rotatable bonds is 5. The van der Waals surface area contributed by atoms with E-state index in [2.05, 4.69) is 37.9 Å². The minimum atomic E-state index is -1.09. The number of amides is 1. The standard InChI is InChI=1S/C17H19N7O2/c18-11-14-15(21-16(23-22-14)19-7-8-20-17(25)26)24-9-5-12-3-1-2-4-13(12)6-10-24/h1-4,20H,5-10H2,(H,25,26)(H,19,21,23). The second-order valence-corrected chi connectivity index (χ2v) is 5.83. The molecule has 0 radical (unpaired) electrons. The summed E-state index contributed by atoms with van der Waals surface area (Å²) < 4.78 is 0. The van der Waals surface area contributed by atoms with Crippen molar-refractivity contribution in [3.63, 3.8) is 0 Å². The SMILES string of the molecule is N#Cc1nnc(NCCNC(=O)O)nc1N1CCc2ccccc2CC1. The zero-order chi connectivity index (χ0) is 18.4. The Bertz CT molecular complexity index is 807. The Morgan fingerprint density at radius 3 is 2.50 bits per heavy atom. The molecule has 9 heteroatoms. The van der Waals surface area contributed by atoms with Gasteiger partial charge in [0, 0.05) is 26.2 Å². The van der Waals surface area contributed by atoms with E-state index < -0.39 is 6.09 Å². The summed E-state index contributed by atoms with van der Waals surface area (Å²) in [6.45, 7) is 2.02. The Balaban J connectivity index is 1.73. The molecule has 1 aromatic heterocycles. The number of hydrogen-bond donors (Lipinski definition) is 3. The molecular weight excluding hydrogens is 334 g/mol. The molecule has 1 aliphatic rings. The number of nitrogens with zero attached hydrogens (tertiary/aromatic N) is 5. The Hall–Kier alpha value is -3.41. The highest BCUT2D eigenvalue weighted by molar-refractivity contribution is 5.64. The summed E-state index contributed by atoms with van der Waals surface area (Å²) in [4.78, 5) is 16.9. The molecule has 2 heterocycles. The number of carboxylic acid groups (broad SMARTS) is 1. The summed E-state index contributed by atoms with van der Waals surface area (Å²) in [6, 6.07) is 10.4. The van der Waals surface area contributed by atoms with Gasteiger partial charge in [0.1, 0.15) is 6.07 Å². The van der Waals surface area contributed by atoms with Crippen molar-refractivity contribution in [2.24, 2.45) is 0 Å². The fourth-order valence-electron chi connectivity index (χ4n) is 2.91. The molecule has 0 fully saturated rings. The van der Waals surface area contributed by atoms with Crippen LogP contribution < -0.4 is 15.5 Å². The molecule has 1 aromatic carbocycles. The summed E-state index contributed by atoms with van der Waals surface area (Å²) in [6.07, 6.45) is 0.655. The molecule has 0 saturated carbocycles. The van der Waals surface area contributed by atoms with Crippen LogP contribution in [0.2, 0.25) is 0 Å². The zero-order valence-electron chi connectivity index (χ0n) is 14.1. The topological polar surface area (TPSA) is 127 Å². The highest BCUT2D eigenvalue weighted by Crippen LogP contribution is 2.22. The average molecular weight is 353 g/mol. The summed E-state index contributed by atoms with van der Waals surface area (Å²) in [5.41, 5.74) is 2.81. The normalized spacial score (nSPS) is 13.3. The summed E-state index contributed by atoms with van der Waals surface area (Å²) in [7, 11) is 0. The first-order valence-corrected chi connectivity index (χ1v) is 8.34. The first-order valence-electron chi connectivity index (χ1n) is 8.34. The van der Waals surface area contributed by atoms with E-state index >= 15 is 0 Å². The lowest BCUT2D eigenvalue weighted by Crippen LogP contribution is -2.30. The van der Waals surface area contributed by atoms with Crippen LogP contribution in [0.1, 0.15) is 16.8 Å². The molecule has 3 N–H and O–H groups in total. The maximum atomic E-state index is 10.5. The van der Waals surface area contributed by atoms with Crippen LogP contribution in [0.15, 0.2) is 24.3 Å². The molecule has 0 saturated heterocycles. The van der Waals surface area contributed by atoms with Gasteiger partial charge in [0.2, 0.25) is 11.6 Å². The molecule has 0 unspecified atom stereocenters. The van der Waals surface area contributed by atoms with E-state index in [1.165, 1.54) is 11.1 Å². The molecule has 1 aliphatic heterocycles. The Morgan fingerprint density at radius 2 is 1.88 bits per heavy atom. The van der Waals surface area contributed by atoms with Crippen molar-refractivity contribution in [2.75, 3.05) is 36.4 Å². The van der Waals surface area contributed by atoms with Crippen LogP contribution in [0.5, 0.6) is 0 Å². The maximum Gasteiger partial charge on any atom is 0.404 e. The van der Waals surface area contributed by atoms with Crippen molar-refractivity contribution >= 4 is 17.9 Å². The monoisotopic (exact) mass is 353 g/mol. The van der Waals surface area contributed by atoms with E-state index in [9.17, 15) is 10.1 Å². The lowest BCUT2D eigenvalue weighted by molar-refractivity contribution is 0.195. The molecule has 26 heavy (non-hydrogen) atoms. The number of nitriles is 1. The molecule has 9 nitrogen and oxygen atoms in total. The number of benzene rings is 1. The Morgan fingerprint density at radius 1 is 1.19 bits per heavy atom. The van der Waals surface area contributed by atoms with Gasteiger partial charge >= 0.3 is 6.09 Å². The molecule has 2 aromatic rings. The fraction of sp³-hybridized carbons (Fsp3) is 0.353. The van der Waals surface area contributed by atoms with Crippen LogP contribution in [0.3, 0.4) is 0 Å². The van der Waals surface area contributed by atoms with Gasteiger partial charge in [0.05, 0.1) is 0 Å². The minimum Gasteiger partial charge on any atom is -0.465 e. The van der Waals surface area contributed by atoms with E-state index in [4.69, 9.17) is 5.11 Å². The van der Waals surface area contributed by atoms with Gasteiger partial charge in [-0.3, -0.25) is 0 Å². The van der Waals surface area contributed by atoms with Crippen molar-refractivity contribution in [1.82, 2.24) is 20.5 Å². The van der Waals surface area contributed by atoms with E-state index in [-0.39, 0.29) is 18.2 Å². The van der Waals surface area contributed by atoms with E-state index in [0.717, 1.165) is 25.9 Å². The van der Waals surface area contributed by atoms with Gasteiger partial charge in [-0.15, -0.1) is 10.2 Å². The van der Waals surface area contributed by atoms with Crippen LogP contribution in [0.4, 0.5) is 16.6 Å². The molecule has 134 valence electrons. The number of aromatic nitrogens is 3. The second-order valence-electron chi connectivity index (χ2n) is 5.83. The molecular formula is C17H19N7O2. The molecule has 0 spiro atoms. The van der Waals surface area contributed by atoms with Crippen molar-refractivity contribution < 1.29 is 9.90 Å². The molecule has 0 bridgehead atoms. The van der Waals surface area contributed by atoms with Crippen molar-refractivity contribution in [3.05, 3.63) is 41.1 Å². The number of fused-ring (bicyclic) bond motifs is 1. The van der Waals surface area contributed by atoms with Crippen LogP contribution in [-0.2, 0) is 12.8 Å². The first kappa shape index (κ1) is 17.4. The number of carbonyl (C=O) groups is 1. The number of hydrogen-bond acceptors (Lipinski definition) is 7. The Kier molecular flexibility index (Phi) is 5.43. The summed E-state index contributed by atoms with van der Waals surface area (Å²) in [5, 5.41) is 30.9. The third-order valence-corrected chi connectivity index (χ3v) is 4.18. The lowest BCUT2D eigenvalue weighted by atomic mass is 10.0. The van der Waals surface area contributed by atoms with Gasteiger partial charge in [-0.25, -0.2) is 4.79 Å². The van der Waals surface area contributed by atoms with Gasteiger partial charge in [-0.1, -0.05) is 24.3 Å². The van der Waals surface area contributed by atoms with Gasteiger partial charge in [-0.2, -0.15) is 10.2 Å². The molecule has 3 rings (SSSR count). The van der Waals surface area contributed by atoms with Crippen molar-refractivity contribution in [2.45, 2.75) is 12.8 Å². The second kappa shape index (κ2) is 8.11. The van der Waals surface area contributed by atoms with Crippen LogP contribution in [-0.4, -0.2) is 52.6 Å². The van der Waals surface area contributed by atoms with Crippen LogP contribution in [0, 0.1) is 11.3 Å². The summed E-state index contributed by atoms with van der Waals surface area (Å²) in [5.74, 6) is 0.775. The highest BCUT2D eigenvalue weighted by atomic mass is 16.4. The van der Waals surface area contributed by atoms with E-state index in [0.29, 0.717) is 12.4 Å².